The Morgan fingerprint density at radius 2 is 1.50 bits per heavy atom. The Morgan fingerprint density at radius 1 is 0.929 bits per heavy atom. The van der Waals surface area contributed by atoms with E-state index < -0.39 is 5.97 Å². The van der Waals surface area contributed by atoms with Gasteiger partial charge in [-0.2, -0.15) is 0 Å². The van der Waals surface area contributed by atoms with Crippen LogP contribution in [0.3, 0.4) is 0 Å². The normalized spacial score (nSPS) is 11.1. The van der Waals surface area contributed by atoms with E-state index in [2.05, 4.69) is 35.5 Å². The van der Waals surface area contributed by atoms with Crippen molar-refractivity contribution in [2.45, 2.75) is 84.1 Å². The second-order valence-corrected chi connectivity index (χ2v) is 7.87. The van der Waals surface area contributed by atoms with Gasteiger partial charge in [0.2, 0.25) is 0 Å². The summed E-state index contributed by atoms with van der Waals surface area (Å²) in [6, 6.07) is 6.98. The minimum absolute atomic E-state index is 0.229. The lowest BCUT2D eigenvalue weighted by molar-refractivity contribution is -0.678. The van der Waals surface area contributed by atoms with Gasteiger partial charge in [-0.15, -0.1) is 0 Å². The zero-order valence-corrected chi connectivity index (χ0v) is 17.7. The molecule has 1 heterocycles. The lowest BCUT2D eigenvalue weighted by Crippen LogP contribution is -2.32. The van der Waals surface area contributed by atoms with E-state index in [0.717, 1.165) is 18.5 Å². The third kappa shape index (κ3) is 7.49. The highest BCUT2D eigenvalue weighted by Crippen LogP contribution is 2.13. The van der Waals surface area contributed by atoms with Crippen molar-refractivity contribution in [3.63, 3.8) is 0 Å². The monoisotopic (exact) mass is 384 g/mol. The quantitative estimate of drug-likeness (QED) is 0.362. The maximum Gasteiger partial charge on any atom is 0.256 e. The lowest BCUT2D eigenvalue weighted by Gasteiger charge is -2.06. The molecular weight excluding hydrogens is 348 g/mol. The number of nitrogens with zero attached hydrogens (tertiary/aromatic N) is 2. The molecule has 0 saturated heterocycles. The first-order valence-electron chi connectivity index (χ1n) is 11.0. The predicted octanol–water partition coefficient (Wildman–Crippen LogP) is 4.19. The molecule has 0 unspecified atom stereocenters. The Hall–Kier alpha value is -2.10. The Morgan fingerprint density at radius 3 is 2.07 bits per heavy atom. The smallest absolute Gasteiger partial charge is 0.256 e. The number of aromatic nitrogens is 2. The number of hydrogen-bond donors (Lipinski definition) is 0. The van der Waals surface area contributed by atoms with Gasteiger partial charge in [-0.1, -0.05) is 89.0 Å². The number of carboxylic acids is 1. The second-order valence-electron chi connectivity index (χ2n) is 7.87. The second kappa shape index (κ2) is 12.4. The molecule has 1 aromatic carbocycles. The molecule has 0 aliphatic carbocycles. The van der Waals surface area contributed by atoms with E-state index in [1.165, 1.54) is 70.0 Å². The number of hydrogen-bond acceptors (Lipinski definition) is 2. The SMILES string of the molecule is CCCCCCCCCCCCc1n(Cc2ccc(C(=O)[O-])cc2)cc[n+]1C. The Bertz CT molecular complexity index is 704. The molecule has 4 nitrogen and oxygen atoms in total. The van der Waals surface area contributed by atoms with Crippen LogP contribution in [0.4, 0.5) is 0 Å². The number of imidazole rings is 1. The van der Waals surface area contributed by atoms with Gasteiger partial charge in [-0.05, 0) is 17.5 Å². The average Bonchev–Trinajstić information content (AvgIpc) is 3.03. The third-order valence-corrected chi connectivity index (χ3v) is 5.51. The number of carbonyl (C=O) groups excluding carboxylic acids is 1. The summed E-state index contributed by atoms with van der Waals surface area (Å²) >= 11 is 0. The zero-order chi connectivity index (χ0) is 20.2. The Kier molecular flexibility index (Phi) is 9.81. The van der Waals surface area contributed by atoms with Crippen LogP contribution in [0.5, 0.6) is 0 Å². The molecule has 0 N–H and O–H groups in total. The molecule has 1 aromatic heterocycles. The van der Waals surface area contributed by atoms with Gasteiger partial charge in [-0.3, -0.25) is 0 Å². The fraction of sp³-hybridized carbons (Fsp3) is 0.583. The van der Waals surface area contributed by atoms with E-state index in [9.17, 15) is 9.90 Å². The molecule has 0 amide bonds. The van der Waals surface area contributed by atoms with Crippen molar-refractivity contribution in [1.82, 2.24) is 4.57 Å². The highest BCUT2D eigenvalue weighted by atomic mass is 16.4. The minimum atomic E-state index is -1.12. The minimum Gasteiger partial charge on any atom is -0.545 e. The summed E-state index contributed by atoms with van der Waals surface area (Å²) in [5.41, 5.74) is 1.33. The van der Waals surface area contributed by atoms with Gasteiger partial charge in [0.1, 0.15) is 18.9 Å². The zero-order valence-electron chi connectivity index (χ0n) is 17.7. The van der Waals surface area contributed by atoms with Crippen LogP contribution in [0.15, 0.2) is 36.7 Å². The largest absolute Gasteiger partial charge is 0.545 e. The lowest BCUT2D eigenvalue weighted by atomic mass is 10.1. The van der Waals surface area contributed by atoms with Crippen molar-refractivity contribution in [1.29, 1.82) is 0 Å². The number of aromatic carboxylic acids is 1. The fourth-order valence-electron chi connectivity index (χ4n) is 3.73. The van der Waals surface area contributed by atoms with E-state index in [1.54, 1.807) is 12.1 Å². The summed E-state index contributed by atoms with van der Waals surface area (Å²) in [5.74, 6) is 0.198. The van der Waals surface area contributed by atoms with Gasteiger partial charge in [0.05, 0.1) is 13.0 Å². The molecule has 0 bridgehead atoms. The molecule has 0 aliphatic rings. The Balaban J connectivity index is 1.71. The molecule has 0 radical (unpaired) electrons. The topological polar surface area (TPSA) is 48.9 Å². The van der Waals surface area contributed by atoms with E-state index in [0.29, 0.717) is 0 Å². The van der Waals surface area contributed by atoms with Gasteiger partial charge in [0, 0.05) is 6.42 Å². The van der Waals surface area contributed by atoms with Crippen LogP contribution in [-0.2, 0) is 20.0 Å². The van der Waals surface area contributed by atoms with Crippen molar-refractivity contribution in [2.75, 3.05) is 0 Å². The molecule has 4 heteroatoms. The first-order chi connectivity index (χ1) is 13.6. The van der Waals surface area contributed by atoms with Gasteiger partial charge in [0.15, 0.2) is 0 Å². The van der Waals surface area contributed by atoms with Crippen molar-refractivity contribution >= 4 is 5.97 Å². The van der Waals surface area contributed by atoms with E-state index in [-0.39, 0.29) is 5.56 Å². The van der Waals surface area contributed by atoms with E-state index in [1.807, 2.05) is 12.1 Å². The molecule has 0 atom stereocenters. The van der Waals surface area contributed by atoms with Gasteiger partial charge in [-0.25, -0.2) is 9.13 Å². The predicted molar refractivity (Wildman–Crippen MR) is 111 cm³/mol. The summed E-state index contributed by atoms with van der Waals surface area (Å²) in [6.07, 6.45) is 18.8. The van der Waals surface area contributed by atoms with Crippen LogP contribution in [0.2, 0.25) is 0 Å². The van der Waals surface area contributed by atoms with Crippen LogP contribution in [-0.4, -0.2) is 10.5 Å². The van der Waals surface area contributed by atoms with Crippen LogP contribution >= 0.6 is 0 Å². The van der Waals surface area contributed by atoms with Crippen LogP contribution < -0.4 is 9.67 Å². The highest BCUT2D eigenvalue weighted by molar-refractivity contribution is 5.85. The van der Waals surface area contributed by atoms with Crippen LogP contribution in [0.1, 0.15) is 92.9 Å². The third-order valence-electron chi connectivity index (χ3n) is 5.51. The van der Waals surface area contributed by atoms with Gasteiger partial charge in [0.25, 0.3) is 5.82 Å². The Labute approximate surface area is 170 Å². The molecule has 154 valence electrons. The molecule has 0 aliphatic heterocycles. The summed E-state index contributed by atoms with van der Waals surface area (Å²) in [5, 5.41) is 10.9. The maximum atomic E-state index is 10.9. The first-order valence-corrected chi connectivity index (χ1v) is 11.0. The summed E-state index contributed by atoms with van der Waals surface area (Å²) in [6.45, 7) is 3.03. The highest BCUT2D eigenvalue weighted by Gasteiger charge is 2.14. The fourth-order valence-corrected chi connectivity index (χ4v) is 3.73. The number of rotatable bonds is 14. The van der Waals surface area contributed by atoms with Crippen LogP contribution in [0, 0.1) is 0 Å². The average molecular weight is 385 g/mol. The van der Waals surface area contributed by atoms with Crippen molar-refractivity contribution in [3.05, 3.63) is 53.6 Å². The molecule has 2 aromatic rings. The molecule has 0 spiro atoms. The van der Waals surface area contributed by atoms with E-state index in [4.69, 9.17) is 0 Å². The molecule has 0 fully saturated rings. The molecular formula is C24H36N2O2. The summed E-state index contributed by atoms with van der Waals surface area (Å²) in [7, 11) is 2.10. The number of unbranched alkanes of at least 4 members (excludes halogenated alkanes) is 9. The van der Waals surface area contributed by atoms with Crippen molar-refractivity contribution < 1.29 is 14.5 Å². The van der Waals surface area contributed by atoms with E-state index >= 15 is 0 Å². The van der Waals surface area contributed by atoms with Crippen molar-refractivity contribution in [2.24, 2.45) is 7.05 Å². The maximum absolute atomic E-state index is 10.9. The van der Waals surface area contributed by atoms with Crippen LogP contribution in [0.25, 0.3) is 0 Å². The van der Waals surface area contributed by atoms with Gasteiger partial charge < -0.3 is 9.90 Å². The molecule has 28 heavy (non-hydrogen) atoms. The standard InChI is InChI=1S/C24H36N2O2/c1-3-4-5-6-7-8-9-10-11-12-13-23-25(2)18-19-26(23)20-21-14-16-22(17-15-21)24(27)28/h14-19H,3-13,20H2,1-2H3. The number of carbonyl (C=O) groups is 1. The number of aryl methyl sites for hydroxylation is 1. The first kappa shape index (κ1) is 22.2. The molecule has 2 rings (SSSR count). The number of carboxylic acid groups (broad SMARTS) is 1. The van der Waals surface area contributed by atoms with Gasteiger partial charge >= 0.3 is 0 Å². The molecule has 0 saturated carbocycles. The van der Waals surface area contributed by atoms with Crippen molar-refractivity contribution in [3.8, 4) is 0 Å². The summed E-state index contributed by atoms with van der Waals surface area (Å²) < 4.78 is 4.46. The number of benzene rings is 1. The summed E-state index contributed by atoms with van der Waals surface area (Å²) in [4.78, 5) is 10.9.